The molecule has 0 fully saturated rings. The minimum Gasteiger partial charge on any atom is -0.0885 e. The Balaban J connectivity index is 2.59. The second-order valence-corrected chi connectivity index (χ2v) is 4.02. The molecule has 1 aliphatic rings. The molecule has 0 aromatic carbocycles. The zero-order valence-electron chi connectivity index (χ0n) is 7.35. The summed E-state index contributed by atoms with van der Waals surface area (Å²) in [6.45, 7) is 7.07. The fraction of sp³-hybridized carbons (Fsp3) is 0.800. The Morgan fingerprint density at radius 1 is 1.30 bits per heavy atom. The average Bonchev–Trinajstić information content (AvgIpc) is 1.89. The molecule has 58 valence electrons. The summed E-state index contributed by atoms with van der Waals surface area (Å²) in [7, 11) is 0. The summed E-state index contributed by atoms with van der Waals surface area (Å²) >= 11 is 0. The van der Waals surface area contributed by atoms with Gasteiger partial charge < -0.3 is 0 Å². The third-order valence-electron chi connectivity index (χ3n) is 3.03. The van der Waals surface area contributed by atoms with E-state index in [0.29, 0.717) is 5.41 Å². The molecule has 0 heterocycles. The molecule has 0 saturated heterocycles. The first-order valence-electron chi connectivity index (χ1n) is 4.30. The van der Waals surface area contributed by atoms with Crippen molar-refractivity contribution < 1.29 is 0 Å². The van der Waals surface area contributed by atoms with E-state index in [1.807, 2.05) is 0 Å². The summed E-state index contributed by atoms with van der Waals surface area (Å²) < 4.78 is 0. The second-order valence-electron chi connectivity index (χ2n) is 4.02. The van der Waals surface area contributed by atoms with Crippen molar-refractivity contribution in [1.82, 2.24) is 0 Å². The quantitative estimate of drug-likeness (QED) is 0.487. The summed E-state index contributed by atoms with van der Waals surface area (Å²) in [4.78, 5) is 0. The number of rotatable bonds is 1. The lowest BCUT2D eigenvalue weighted by atomic mass is 9.71. The molecule has 0 heteroatoms. The maximum Gasteiger partial charge on any atom is -0.0265 e. The van der Waals surface area contributed by atoms with Crippen LogP contribution in [0.25, 0.3) is 0 Å². The van der Waals surface area contributed by atoms with Crippen LogP contribution in [-0.4, -0.2) is 0 Å². The highest BCUT2D eigenvalue weighted by molar-refractivity contribution is 4.96. The molecule has 0 aliphatic heterocycles. The molecule has 0 spiro atoms. The van der Waals surface area contributed by atoms with Crippen molar-refractivity contribution in [3.63, 3.8) is 0 Å². The number of allylic oxidation sites excluding steroid dienone is 2. The van der Waals surface area contributed by atoms with Gasteiger partial charge in [0.05, 0.1) is 0 Å². The highest BCUT2D eigenvalue weighted by Gasteiger charge is 2.27. The molecule has 0 aromatic heterocycles. The van der Waals surface area contributed by atoms with Crippen molar-refractivity contribution in [3.8, 4) is 0 Å². The van der Waals surface area contributed by atoms with E-state index in [1.54, 1.807) is 0 Å². The van der Waals surface area contributed by atoms with Crippen LogP contribution < -0.4 is 0 Å². The van der Waals surface area contributed by atoms with E-state index in [0.717, 1.165) is 5.92 Å². The fourth-order valence-electron chi connectivity index (χ4n) is 1.51. The van der Waals surface area contributed by atoms with Crippen molar-refractivity contribution in [3.05, 3.63) is 12.2 Å². The monoisotopic (exact) mass is 138 g/mol. The van der Waals surface area contributed by atoms with Crippen LogP contribution in [0.3, 0.4) is 0 Å². The van der Waals surface area contributed by atoms with Crippen LogP contribution in [-0.2, 0) is 0 Å². The zero-order chi connectivity index (χ0) is 7.61. The summed E-state index contributed by atoms with van der Waals surface area (Å²) in [6, 6.07) is 0. The Kier molecular flexibility index (Phi) is 2.18. The largest absolute Gasteiger partial charge is 0.0885 e. The minimum atomic E-state index is 0.592. The predicted molar refractivity (Wildman–Crippen MR) is 45.9 cm³/mol. The van der Waals surface area contributed by atoms with Gasteiger partial charge >= 0.3 is 0 Å². The molecule has 0 N–H and O–H groups in total. The molecule has 0 bridgehead atoms. The first-order chi connectivity index (χ1) is 4.65. The van der Waals surface area contributed by atoms with E-state index in [4.69, 9.17) is 0 Å². The molecule has 10 heavy (non-hydrogen) atoms. The summed E-state index contributed by atoms with van der Waals surface area (Å²) in [5, 5.41) is 0. The summed E-state index contributed by atoms with van der Waals surface area (Å²) in [5.41, 5.74) is 0.592. The molecule has 0 aromatic rings. The summed E-state index contributed by atoms with van der Waals surface area (Å²) in [5.74, 6) is 0.831. The fourth-order valence-corrected chi connectivity index (χ4v) is 1.51. The highest BCUT2D eigenvalue weighted by Crippen LogP contribution is 2.38. The van der Waals surface area contributed by atoms with Gasteiger partial charge in [-0.05, 0) is 30.6 Å². The SMILES string of the molecule is CC(C)[C@@]1(C)CC=CCC1. The van der Waals surface area contributed by atoms with Gasteiger partial charge in [0.25, 0.3) is 0 Å². The van der Waals surface area contributed by atoms with Crippen molar-refractivity contribution in [2.75, 3.05) is 0 Å². The third kappa shape index (κ3) is 1.42. The van der Waals surface area contributed by atoms with Gasteiger partial charge in [-0.2, -0.15) is 0 Å². The van der Waals surface area contributed by atoms with Gasteiger partial charge in [0, 0.05) is 0 Å². The molecule has 1 rings (SSSR count). The topological polar surface area (TPSA) is 0 Å². The highest BCUT2D eigenvalue weighted by atomic mass is 14.3. The van der Waals surface area contributed by atoms with Crippen LogP contribution in [0.1, 0.15) is 40.0 Å². The van der Waals surface area contributed by atoms with Crippen LogP contribution in [0.2, 0.25) is 0 Å². The molecule has 0 saturated carbocycles. The third-order valence-corrected chi connectivity index (χ3v) is 3.03. The lowest BCUT2D eigenvalue weighted by Crippen LogP contribution is -2.24. The van der Waals surface area contributed by atoms with Gasteiger partial charge in [-0.1, -0.05) is 32.9 Å². The Morgan fingerprint density at radius 3 is 2.30 bits per heavy atom. The molecule has 0 amide bonds. The Hall–Kier alpha value is -0.260. The first-order valence-corrected chi connectivity index (χ1v) is 4.30. The second kappa shape index (κ2) is 2.77. The van der Waals surface area contributed by atoms with Gasteiger partial charge in [0.15, 0.2) is 0 Å². The summed E-state index contributed by atoms with van der Waals surface area (Å²) in [6.07, 6.45) is 8.59. The van der Waals surface area contributed by atoms with Crippen LogP contribution >= 0.6 is 0 Å². The smallest absolute Gasteiger partial charge is 0.0265 e. The van der Waals surface area contributed by atoms with E-state index >= 15 is 0 Å². The zero-order valence-corrected chi connectivity index (χ0v) is 7.35. The lowest BCUT2D eigenvalue weighted by Gasteiger charge is -2.34. The predicted octanol–water partition coefficient (Wildman–Crippen LogP) is 3.39. The van der Waals surface area contributed by atoms with Crippen molar-refractivity contribution in [2.45, 2.75) is 40.0 Å². The molecular formula is C10H18. The number of hydrogen-bond acceptors (Lipinski definition) is 0. The van der Waals surface area contributed by atoms with E-state index in [1.165, 1.54) is 19.3 Å². The molecule has 1 aliphatic carbocycles. The van der Waals surface area contributed by atoms with Crippen molar-refractivity contribution in [2.24, 2.45) is 11.3 Å². The maximum atomic E-state index is 2.40. The van der Waals surface area contributed by atoms with Crippen LogP contribution in [0.4, 0.5) is 0 Å². The standard InChI is InChI=1S/C10H18/c1-9(2)10(3)7-5-4-6-8-10/h4-5,9H,6-8H2,1-3H3/t10-/m0/s1. The van der Waals surface area contributed by atoms with E-state index < -0.39 is 0 Å². The van der Waals surface area contributed by atoms with Crippen LogP contribution in [0.5, 0.6) is 0 Å². The van der Waals surface area contributed by atoms with Crippen molar-refractivity contribution in [1.29, 1.82) is 0 Å². The molecule has 0 unspecified atom stereocenters. The van der Waals surface area contributed by atoms with Crippen LogP contribution in [0, 0.1) is 11.3 Å². The molecular weight excluding hydrogens is 120 g/mol. The first kappa shape index (κ1) is 7.84. The average molecular weight is 138 g/mol. The van der Waals surface area contributed by atoms with Gasteiger partial charge in [-0.3, -0.25) is 0 Å². The minimum absolute atomic E-state index is 0.592. The Labute approximate surface area is 64.3 Å². The Morgan fingerprint density at radius 2 is 2.00 bits per heavy atom. The maximum absolute atomic E-state index is 2.40. The molecule has 1 atom stereocenters. The Bertz CT molecular complexity index is 133. The normalized spacial score (nSPS) is 33.2. The van der Waals surface area contributed by atoms with E-state index in [9.17, 15) is 0 Å². The molecule has 0 radical (unpaired) electrons. The molecule has 0 nitrogen and oxygen atoms in total. The van der Waals surface area contributed by atoms with Gasteiger partial charge in [0.2, 0.25) is 0 Å². The van der Waals surface area contributed by atoms with E-state index in [2.05, 4.69) is 32.9 Å². The van der Waals surface area contributed by atoms with E-state index in [-0.39, 0.29) is 0 Å². The number of hydrogen-bond donors (Lipinski definition) is 0. The lowest BCUT2D eigenvalue weighted by molar-refractivity contribution is 0.196. The van der Waals surface area contributed by atoms with Gasteiger partial charge in [-0.25, -0.2) is 0 Å². The van der Waals surface area contributed by atoms with Crippen LogP contribution in [0.15, 0.2) is 12.2 Å². The van der Waals surface area contributed by atoms with Gasteiger partial charge in [0.1, 0.15) is 0 Å². The van der Waals surface area contributed by atoms with Crippen molar-refractivity contribution >= 4 is 0 Å². The van der Waals surface area contributed by atoms with Gasteiger partial charge in [-0.15, -0.1) is 0 Å².